The number of hydrogen-bond acceptors (Lipinski definition) is 5. The molecule has 3 unspecified atom stereocenters. The van der Waals surface area contributed by atoms with Gasteiger partial charge in [0.2, 0.25) is 5.91 Å². The van der Waals surface area contributed by atoms with Crippen LogP contribution in [0.3, 0.4) is 0 Å². The minimum absolute atomic E-state index is 0.00178. The third-order valence-corrected chi connectivity index (χ3v) is 7.41. The van der Waals surface area contributed by atoms with Gasteiger partial charge in [0.05, 0.1) is 0 Å². The topological polar surface area (TPSA) is 108 Å². The molecule has 3 amide bonds. The van der Waals surface area contributed by atoms with Crippen LogP contribution in [0, 0.1) is 19.8 Å². The van der Waals surface area contributed by atoms with E-state index in [9.17, 15) is 19.5 Å². The number of para-hydroxylation sites is 1. The number of rotatable bonds is 14. The van der Waals surface area contributed by atoms with Gasteiger partial charge >= 0.3 is 6.09 Å². The highest BCUT2D eigenvalue weighted by Crippen LogP contribution is 2.30. The fourth-order valence-corrected chi connectivity index (χ4v) is 4.92. The number of carbonyl (C=O) groups is 3. The van der Waals surface area contributed by atoms with Crippen LogP contribution in [0.4, 0.5) is 10.5 Å². The number of phenolic OH excluding ortho intramolecular Hbond substituents is 1. The summed E-state index contributed by atoms with van der Waals surface area (Å²) in [6.07, 6.45) is 4.73. The Morgan fingerprint density at radius 1 is 0.952 bits per heavy atom. The van der Waals surface area contributed by atoms with E-state index in [1.165, 1.54) is 12.1 Å². The molecule has 0 aliphatic heterocycles. The van der Waals surface area contributed by atoms with Crippen molar-refractivity contribution in [3.63, 3.8) is 0 Å². The molecule has 0 aliphatic carbocycles. The highest BCUT2D eigenvalue weighted by atomic mass is 16.6. The summed E-state index contributed by atoms with van der Waals surface area (Å²) in [5.41, 5.74) is 2.25. The highest BCUT2D eigenvalue weighted by Gasteiger charge is 2.38. The van der Waals surface area contributed by atoms with Gasteiger partial charge in [-0.2, -0.15) is 0 Å². The fourth-order valence-electron chi connectivity index (χ4n) is 4.92. The molecule has 0 saturated heterocycles. The normalized spacial score (nSPS) is 13.5. The molecule has 2 aromatic carbocycles. The number of amides is 3. The van der Waals surface area contributed by atoms with E-state index in [0.29, 0.717) is 30.6 Å². The predicted molar refractivity (Wildman–Crippen MR) is 168 cm³/mol. The van der Waals surface area contributed by atoms with Crippen molar-refractivity contribution in [1.29, 1.82) is 0 Å². The summed E-state index contributed by atoms with van der Waals surface area (Å²) >= 11 is 0. The van der Waals surface area contributed by atoms with Gasteiger partial charge in [-0.05, 0) is 75.8 Å². The molecule has 0 bridgehead atoms. The third-order valence-electron chi connectivity index (χ3n) is 7.41. The molecular formula is C34H51N3O5. The smallest absolute Gasteiger partial charge is 0.408 e. The van der Waals surface area contributed by atoms with Crippen molar-refractivity contribution in [1.82, 2.24) is 10.2 Å². The van der Waals surface area contributed by atoms with Gasteiger partial charge < -0.3 is 25.4 Å². The van der Waals surface area contributed by atoms with E-state index in [1.807, 2.05) is 45.9 Å². The summed E-state index contributed by atoms with van der Waals surface area (Å²) in [5, 5.41) is 16.2. The van der Waals surface area contributed by atoms with E-state index in [1.54, 1.807) is 37.8 Å². The minimum atomic E-state index is -1.04. The average molecular weight is 582 g/mol. The second-order valence-corrected chi connectivity index (χ2v) is 12.2. The molecule has 232 valence electrons. The molecule has 3 N–H and O–H groups in total. The number of carbonyl (C=O) groups excluding carboxylic acids is 3. The van der Waals surface area contributed by atoms with Gasteiger partial charge in [-0.3, -0.25) is 9.59 Å². The number of nitrogens with one attached hydrogen (secondary N) is 2. The van der Waals surface area contributed by atoms with Crippen LogP contribution in [0.15, 0.2) is 42.5 Å². The molecule has 2 rings (SSSR count). The van der Waals surface area contributed by atoms with Gasteiger partial charge in [-0.1, -0.05) is 83.2 Å². The first-order valence-corrected chi connectivity index (χ1v) is 15.2. The molecule has 0 saturated carbocycles. The molecule has 42 heavy (non-hydrogen) atoms. The number of aromatic hydroxyl groups is 1. The van der Waals surface area contributed by atoms with Crippen molar-refractivity contribution in [3.8, 4) is 5.75 Å². The van der Waals surface area contributed by atoms with Crippen molar-refractivity contribution in [2.24, 2.45) is 5.92 Å². The molecule has 0 spiro atoms. The van der Waals surface area contributed by atoms with E-state index in [0.717, 1.165) is 36.8 Å². The zero-order chi connectivity index (χ0) is 31.4. The molecule has 8 nitrogen and oxygen atoms in total. The van der Waals surface area contributed by atoms with Crippen LogP contribution in [0.5, 0.6) is 5.75 Å². The van der Waals surface area contributed by atoms with Gasteiger partial charge in [0.15, 0.2) is 0 Å². The summed E-state index contributed by atoms with van der Waals surface area (Å²) in [4.78, 5) is 43.1. The lowest BCUT2D eigenvalue weighted by Gasteiger charge is -2.36. The summed E-state index contributed by atoms with van der Waals surface area (Å²) in [6, 6.07) is 10.3. The molecule has 0 aliphatic rings. The highest BCUT2D eigenvalue weighted by molar-refractivity contribution is 6.00. The second-order valence-electron chi connectivity index (χ2n) is 12.2. The quantitative estimate of drug-likeness (QED) is 0.201. The molecule has 2 aromatic rings. The van der Waals surface area contributed by atoms with E-state index in [4.69, 9.17) is 4.74 Å². The number of hydrogen-bond donors (Lipinski definition) is 3. The Morgan fingerprint density at radius 2 is 1.57 bits per heavy atom. The largest absolute Gasteiger partial charge is 0.508 e. The molecule has 3 atom stereocenters. The Bertz CT molecular complexity index is 1170. The number of alkyl carbamates (subject to hydrolysis) is 1. The van der Waals surface area contributed by atoms with Gasteiger partial charge in [0.1, 0.15) is 23.4 Å². The van der Waals surface area contributed by atoms with Crippen LogP contribution in [-0.4, -0.2) is 46.1 Å². The number of unbranched alkanes of at least 4 members (excludes halogenated alkanes) is 4. The number of benzene rings is 2. The first-order chi connectivity index (χ1) is 19.8. The summed E-state index contributed by atoms with van der Waals surface area (Å²) in [5.74, 6) is -0.979. The van der Waals surface area contributed by atoms with Crippen LogP contribution < -0.4 is 10.6 Å². The number of ether oxygens (including phenoxy) is 1. The van der Waals surface area contributed by atoms with E-state index >= 15 is 0 Å². The summed E-state index contributed by atoms with van der Waals surface area (Å²) in [7, 11) is 0. The maximum atomic E-state index is 14.5. The van der Waals surface area contributed by atoms with E-state index in [2.05, 4.69) is 17.6 Å². The predicted octanol–water partition coefficient (Wildman–Crippen LogP) is 7.43. The minimum Gasteiger partial charge on any atom is -0.508 e. The molecule has 8 heteroatoms. The van der Waals surface area contributed by atoms with Crippen molar-refractivity contribution in [3.05, 3.63) is 59.2 Å². The second kappa shape index (κ2) is 16.2. The maximum absolute atomic E-state index is 14.5. The lowest BCUT2D eigenvalue weighted by Crippen LogP contribution is -2.55. The number of nitrogens with zero attached hydrogens (tertiary/aromatic N) is 1. The van der Waals surface area contributed by atoms with Gasteiger partial charge in [0.25, 0.3) is 5.91 Å². The Labute approximate surface area is 252 Å². The molecule has 0 aromatic heterocycles. The SMILES string of the molecule is CCCCCCCN(C(=O)C(NC(=O)OC(C)(C)C)C(C)CC)C(C(=O)Nc1c(C)cccc1C)c1cccc(O)c1. The van der Waals surface area contributed by atoms with Crippen LogP contribution in [-0.2, 0) is 14.3 Å². The maximum Gasteiger partial charge on any atom is 0.408 e. The summed E-state index contributed by atoms with van der Waals surface area (Å²) < 4.78 is 5.50. The number of phenols is 1. The van der Waals surface area contributed by atoms with E-state index < -0.39 is 23.8 Å². The standard InChI is InChI=1S/C34H51N3O5/c1-9-11-12-13-14-21-37(32(40)29(23(3)10-2)36-33(41)42-34(6,7)8)30(26-19-16-20-27(38)22-26)31(39)35-28-24(4)17-15-18-25(28)5/h15-20,22-23,29-30,38H,9-14,21H2,1-8H3,(H,35,39)(H,36,41). The Balaban J connectivity index is 2.59. The molecular weight excluding hydrogens is 530 g/mol. The lowest BCUT2D eigenvalue weighted by molar-refractivity contribution is -0.142. The van der Waals surface area contributed by atoms with Crippen molar-refractivity contribution >= 4 is 23.6 Å². The first-order valence-electron chi connectivity index (χ1n) is 15.2. The van der Waals surface area contributed by atoms with Crippen LogP contribution in [0.25, 0.3) is 0 Å². The van der Waals surface area contributed by atoms with Gasteiger partial charge in [-0.25, -0.2) is 4.79 Å². The van der Waals surface area contributed by atoms with Crippen LogP contribution in [0.1, 0.15) is 103 Å². The summed E-state index contributed by atoms with van der Waals surface area (Å²) in [6.45, 7) is 15.5. The molecule has 0 radical (unpaired) electrons. The number of aryl methyl sites for hydroxylation is 2. The van der Waals surface area contributed by atoms with Crippen molar-refractivity contribution in [2.45, 2.75) is 112 Å². The van der Waals surface area contributed by atoms with Crippen LogP contribution in [0.2, 0.25) is 0 Å². The third kappa shape index (κ3) is 10.4. The Hall–Kier alpha value is -3.55. The van der Waals surface area contributed by atoms with Gasteiger partial charge in [0, 0.05) is 12.2 Å². The zero-order valence-corrected chi connectivity index (χ0v) is 26.8. The van der Waals surface area contributed by atoms with Gasteiger partial charge in [-0.15, -0.1) is 0 Å². The van der Waals surface area contributed by atoms with E-state index in [-0.39, 0.29) is 23.5 Å². The lowest BCUT2D eigenvalue weighted by atomic mass is 9.95. The Kier molecular flexibility index (Phi) is 13.4. The van der Waals surface area contributed by atoms with Crippen molar-refractivity contribution in [2.75, 3.05) is 11.9 Å². The molecule has 0 fully saturated rings. The average Bonchev–Trinajstić information content (AvgIpc) is 2.91. The van der Waals surface area contributed by atoms with Crippen LogP contribution >= 0.6 is 0 Å². The zero-order valence-electron chi connectivity index (χ0n) is 26.8. The fraction of sp³-hybridized carbons (Fsp3) is 0.559. The first kappa shape index (κ1) is 34.7. The Morgan fingerprint density at radius 3 is 2.14 bits per heavy atom. The van der Waals surface area contributed by atoms with Crippen molar-refractivity contribution < 1.29 is 24.2 Å². The molecule has 0 heterocycles. The number of anilines is 1. The monoisotopic (exact) mass is 581 g/mol.